The summed E-state index contributed by atoms with van der Waals surface area (Å²) in [4.78, 5) is 10.6. The zero-order valence-corrected chi connectivity index (χ0v) is 43.8. The van der Waals surface area contributed by atoms with Gasteiger partial charge in [0.15, 0.2) is 0 Å². The molecule has 10 aromatic rings. The Labute approximate surface area is 440 Å². The van der Waals surface area contributed by atoms with Crippen LogP contribution < -0.4 is 0 Å². The average molecular weight is 1110 g/mol. The number of fused-ring (bicyclic) bond motifs is 1. The number of imidazole rings is 1. The Kier molecular flexibility index (Phi) is 12.1. The molecular weight excluding hydrogens is 1050 g/mol. The van der Waals surface area contributed by atoms with Gasteiger partial charge in [0.25, 0.3) is 0 Å². The second-order valence-corrected chi connectivity index (χ2v) is 20.6. The van der Waals surface area contributed by atoms with Gasteiger partial charge >= 0.3 is 0 Å². The first-order valence-electron chi connectivity index (χ1n) is 26.0. The van der Waals surface area contributed by atoms with Crippen LogP contribution in [-0.4, -0.2) is 19.6 Å². The number of aryl methyl sites for hydroxylation is 1. The minimum atomic E-state index is -2.20. The van der Waals surface area contributed by atoms with Crippen LogP contribution in [-0.2, 0) is 31.9 Å². The van der Waals surface area contributed by atoms with Crippen molar-refractivity contribution in [3.63, 3.8) is 0 Å². The van der Waals surface area contributed by atoms with Gasteiger partial charge in [-0.2, -0.15) is 0 Å². The molecule has 0 aliphatic heterocycles. The third kappa shape index (κ3) is 9.71. The molecule has 71 heavy (non-hydrogen) atoms. The molecule has 0 radical (unpaired) electrons. The first-order chi connectivity index (χ1) is 35.1. The van der Waals surface area contributed by atoms with Crippen molar-refractivity contribution in [2.24, 2.45) is 0 Å². The first-order valence-corrected chi connectivity index (χ1v) is 24.0. The van der Waals surface area contributed by atoms with Gasteiger partial charge in [0.1, 0.15) is 11.6 Å². The molecule has 0 aliphatic rings. The summed E-state index contributed by atoms with van der Waals surface area (Å²) in [5, 5.41) is 12.8. The van der Waals surface area contributed by atoms with E-state index < -0.39 is 18.2 Å². The standard InChI is InChI=1S/C66H60N3O.Pt/c1-42(2)54-40-56(47-24-17-12-18-25-47)61(41-55(54)46-22-15-11-16-23-46)69-60-27-19-26-53(62(60)68-64(69)57-38-52(65(4,5)6)39-58(63(57)70)66(7,8)9)50-34-49(44-20-13-10-14-21-44)35-51(36-50)59-37-48(32-33-67-59)45-30-28-43(3)29-31-45;/h10-35,37-42,70H,1-9H3;/q-1;/i3D3,42D;. The maximum absolute atomic E-state index is 12.8. The van der Waals surface area contributed by atoms with Crippen molar-refractivity contribution in [1.82, 2.24) is 14.5 Å². The van der Waals surface area contributed by atoms with Gasteiger partial charge < -0.3 is 5.11 Å². The van der Waals surface area contributed by atoms with Gasteiger partial charge in [-0.15, -0.1) is 23.8 Å². The molecule has 4 nitrogen and oxygen atoms in total. The summed E-state index contributed by atoms with van der Waals surface area (Å²) in [5.41, 5.74) is 16.1. The molecule has 10 rings (SSSR count). The zero-order chi connectivity index (χ0) is 52.3. The summed E-state index contributed by atoms with van der Waals surface area (Å²) < 4.78 is 35.5. The van der Waals surface area contributed by atoms with E-state index >= 15 is 0 Å². The molecule has 0 aliphatic carbocycles. The molecule has 2 aromatic heterocycles. The number of aromatic nitrogens is 3. The van der Waals surface area contributed by atoms with Gasteiger partial charge in [0.2, 0.25) is 0 Å². The summed E-state index contributed by atoms with van der Waals surface area (Å²) in [6.45, 7) is 14.7. The number of benzene rings is 8. The molecule has 356 valence electrons. The average Bonchev–Trinajstić information content (AvgIpc) is 3.78. The van der Waals surface area contributed by atoms with Crippen molar-refractivity contribution in [1.29, 1.82) is 0 Å². The van der Waals surface area contributed by atoms with Crippen LogP contribution in [0.25, 0.3) is 95.0 Å². The zero-order valence-electron chi connectivity index (χ0n) is 45.5. The third-order valence-electron chi connectivity index (χ3n) is 13.3. The number of hydrogen-bond donors (Lipinski definition) is 1. The minimum Gasteiger partial charge on any atom is -0.507 e. The Morgan fingerprint density at radius 1 is 0.563 bits per heavy atom. The quantitative estimate of drug-likeness (QED) is 0.147. The fraction of sp³-hybridized carbons (Fsp3) is 0.182. The van der Waals surface area contributed by atoms with E-state index in [1.165, 1.54) is 0 Å². The molecule has 8 aromatic carbocycles. The van der Waals surface area contributed by atoms with E-state index in [4.69, 9.17) is 14.1 Å². The number of aromatic hydroxyl groups is 1. The topological polar surface area (TPSA) is 50.9 Å². The number of phenolic OH excluding ortho intramolecular Hbond substituents is 1. The van der Waals surface area contributed by atoms with Crippen LogP contribution in [0.2, 0.25) is 0 Å². The molecule has 1 N–H and O–H groups in total. The number of para-hydroxylation sites is 1. The van der Waals surface area contributed by atoms with Crippen molar-refractivity contribution in [3.05, 3.63) is 217 Å². The smallest absolute Gasteiger partial charge is 0.148 e. The van der Waals surface area contributed by atoms with Gasteiger partial charge in [-0.25, -0.2) is 4.98 Å². The van der Waals surface area contributed by atoms with Crippen LogP contribution in [0.15, 0.2) is 188 Å². The molecule has 2 heterocycles. The predicted molar refractivity (Wildman–Crippen MR) is 294 cm³/mol. The van der Waals surface area contributed by atoms with Gasteiger partial charge in [0.05, 0.1) is 22.3 Å². The number of rotatable bonds is 9. The fourth-order valence-corrected chi connectivity index (χ4v) is 9.51. The summed E-state index contributed by atoms with van der Waals surface area (Å²) in [5.74, 6) is -0.207. The van der Waals surface area contributed by atoms with Crippen molar-refractivity contribution in [3.8, 4) is 89.7 Å². The SMILES string of the molecule is [2H]C([2H])([2H])c1ccc(-c2ccnc(-c3[c-]c(-c4cccc5c4nc(-c4cc(C(C)(C)C)cc(C(C)(C)C)c4O)n5-c4cc(-c5ccccc5)c(C([2H])(C)C)cc4-c4ccccc4)cc(-c4ccccc4)c3)c2)cc1.[Pt]. The summed E-state index contributed by atoms with van der Waals surface area (Å²) in [7, 11) is 0. The van der Waals surface area contributed by atoms with Gasteiger partial charge in [-0.05, 0) is 98.4 Å². The van der Waals surface area contributed by atoms with Crippen molar-refractivity contribution >= 4 is 11.0 Å². The molecule has 0 unspecified atom stereocenters. The van der Waals surface area contributed by atoms with Gasteiger partial charge in [-0.3, -0.25) is 9.55 Å². The molecule has 0 atom stereocenters. The molecule has 5 heteroatoms. The maximum atomic E-state index is 12.8. The fourth-order valence-electron chi connectivity index (χ4n) is 9.51. The van der Waals surface area contributed by atoms with Crippen LogP contribution >= 0.6 is 0 Å². The second kappa shape index (κ2) is 19.6. The van der Waals surface area contributed by atoms with E-state index in [0.29, 0.717) is 22.6 Å². The van der Waals surface area contributed by atoms with Crippen molar-refractivity contribution in [2.45, 2.75) is 79.0 Å². The summed E-state index contributed by atoms with van der Waals surface area (Å²) in [6.07, 6.45) is 1.78. The monoisotopic (exact) mass is 1110 g/mol. The Bertz CT molecular complexity index is 3700. The van der Waals surface area contributed by atoms with E-state index in [2.05, 4.69) is 143 Å². The van der Waals surface area contributed by atoms with E-state index in [9.17, 15) is 6.48 Å². The molecule has 0 saturated heterocycles. The maximum Gasteiger partial charge on any atom is 0.148 e. The Hall–Kier alpha value is -7.13. The van der Waals surface area contributed by atoms with E-state index in [0.717, 1.165) is 89.1 Å². The molecule has 0 amide bonds. The first kappa shape index (κ1) is 43.9. The second-order valence-electron chi connectivity index (χ2n) is 20.6. The minimum absolute atomic E-state index is 0. The predicted octanol–water partition coefficient (Wildman–Crippen LogP) is 17.6. The van der Waals surface area contributed by atoms with Crippen molar-refractivity contribution < 1.29 is 31.7 Å². The van der Waals surface area contributed by atoms with Crippen LogP contribution in [0.5, 0.6) is 5.75 Å². The van der Waals surface area contributed by atoms with Crippen LogP contribution in [0.1, 0.15) is 89.0 Å². The number of pyridine rings is 1. The Morgan fingerprint density at radius 2 is 1.18 bits per heavy atom. The normalized spacial score (nSPS) is 13.0. The van der Waals surface area contributed by atoms with Crippen LogP contribution in [0, 0.1) is 12.9 Å². The Morgan fingerprint density at radius 3 is 1.80 bits per heavy atom. The van der Waals surface area contributed by atoms with Crippen molar-refractivity contribution in [2.75, 3.05) is 0 Å². The third-order valence-corrected chi connectivity index (χ3v) is 13.3. The largest absolute Gasteiger partial charge is 0.507 e. The van der Waals surface area contributed by atoms with Crippen LogP contribution in [0.3, 0.4) is 0 Å². The van der Waals surface area contributed by atoms with Gasteiger partial charge in [-0.1, -0.05) is 217 Å². The summed E-state index contributed by atoms with van der Waals surface area (Å²) in [6, 6.07) is 64.9. The number of phenols is 1. The number of nitrogens with zero attached hydrogens (tertiary/aromatic N) is 3. The molecule has 0 spiro atoms. The van der Waals surface area contributed by atoms with E-state index in [1.54, 1.807) is 18.3 Å². The number of hydrogen-bond acceptors (Lipinski definition) is 3. The molecular formula is C66H60N3OPt-. The molecule has 0 saturated carbocycles. The van der Waals surface area contributed by atoms with E-state index in [1.807, 2.05) is 92.7 Å². The van der Waals surface area contributed by atoms with Crippen LogP contribution in [0.4, 0.5) is 0 Å². The van der Waals surface area contributed by atoms with E-state index in [-0.39, 0.29) is 37.8 Å². The Balaban J connectivity index is 0.00000689. The molecule has 0 fully saturated rings. The molecule has 0 bridgehead atoms. The van der Waals surface area contributed by atoms with Gasteiger partial charge in [0, 0.05) is 49.6 Å². The summed E-state index contributed by atoms with van der Waals surface area (Å²) >= 11 is 0.